The van der Waals surface area contributed by atoms with E-state index in [-0.39, 0.29) is 0 Å². The summed E-state index contributed by atoms with van der Waals surface area (Å²) in [7, 11) is 0. The standard InChI is InChI=1S/C17H16BrClO/c18-16-8-7-14(19)10-15(16)17(20)13-6-2-5-12(9-13)11-3-1-4-11/h2,5-11,17,20H,1,3-4H2. The second kappa shape index (κ2) is 5.88. The minimum atomic E-state index is -0.650. The Labute approximate surface area is 132 Å². The van der Waals surface area contributed by atoms with Crippen molar-refractivity contribution in [2.45, 2.75) is 31.3 Å². The predicted molar refractivity (Wildman–Crippen MR) is 86.2 cm³/mol. The van der Waals surface area contributed by atoms with Crippen LogP contribution in [0.1, 0.15) is 48.0 Å². The Morgan fingerprint density at radius 2 is 1.95 bits per heavy atom. The summed E-state index contributed by atoms with van der Waals surface area (Å²) in [5.41, 5.74) is 3.08. The molecule has 0 saturated heterocycles. The highest BCUT2D eigenvalue weighted by atomic mass is 79.9. The summed E-state index contributed by atoms with van der Waals surface area (Å²) in [6.07, 6.45) is 3.20. The molecule has 0 heterocycles. The van der Waals surface area contributed by atoms with Crippen molar-refractivity contribution in [3.8, 4) is 0 Å². The van der Waals surface area contributed by atoms with Gasteiger partial charge in [-0.05, 0) is 48.1 Å². The number of rotatable bonds is 3. The number of hydrogen-bond donors (Lipinski definition) is 1. The average molecular weight is 352 g/mol. The van der Waals surface area contributed by atoms with Gasteiger partial charge in [0.1, 0.15) is 6.10 Å². The molecule has 1 unspecified atom stereocenters. The summed E-state index contributed by atoms with van der Waals surface area (Å²) >= 11 is 9.51. The van der Waals surface area contributed by atoms with Crippen molar-refractivity contribution in [2.75, 3.05) is 0 Å². The van der Waals surface area contributed by atoms with Gasteiger partial charge in [-0.3, -0.25) is 0 Å². The van der Waals surface area contributed by atoms with Gasteiger partial charge in [-0.25, -0.2) is 0 Å². The number of aliphatic hydroxyl groups excluding tert-OH is 1. The third-order valence-corrected chi connectivity index (χ3v) is 5.01. The second-order valence-electron chi connectivity index (χ2n) is 5.37. The summed E-state index contributed by atoms with van der Waals surface area (Å²) < 4.78 is 0.878. The van der Waals surface area contributed by atoms with Crippen LogP contribution in [0, 0.1) is 0 Å². The lowest BCUT2D eigenvalue weighted by atomic mass is 9.79. The fourth-order valence-electron chi connectivity index (χ4n) is 2.63. The highest BCUT2D eigenvalue weighted by molar-refractivity contribution is 9.10. The van der Waals surface area contributed by atoms with Gasteiger partial charge in [-0.2, -0.15) is 0 Å². The van der Waals surface area contributed by atoms with Crippen LogP contribution in [0.5, 0.6) is 0 Å². The molecule has 104 valence electrons. The highest BCUT2D eigenvalue weighted by Gasteiger charge is 2.21. The van der Waals surface area contributed by atoms with Gasteiger partial charge >= 0.3 is 0 Å². The summed E-state index contributed by atoms with van der Waals surface area (Å²) in [6.45, 7) is 0. The van der Waals surface area contributed by atoms with Crippen molar-refractivity contribution >= 4 is 27.5 Å². The van der Waals surface area contributed by atoms with E-state index in [4.69, 9.17) is 11.6 Å². The van der Waals surface area contributed by atoms with E-state index in [9.17, 15) is 5.11 Å². The molecule has 1 aliphatic carbocycles. The topological polar surface area (TPSA) is 20.2 Å². The summed E-state index contributed by atoms with van der Waals surface area (Å²) in [4.78, 5) is 0. The molecule has 1 fully saturated rings. The van der Waals surface area contributed by atoms with Crippen LogP contribution in [-0.2, 0) is 0 Å². The van der Waals surface area contributed by atoms with Crippen LogP contribution in [0.15, 0.2) is 46.9 Å². The smallest absolute Gasteiger partial charge is 0.105 e. The second-order valence-corrected chi connectivity index (χ2v) is 6.66. The highest BCUT2D eigenvalue weighted by Crippen LogP contribution is 2.38. The van der Waals surface area contributed by atoms with Crippen LogP contribution in [0.25, 0.3) is 0 Å². The van der Waals surface area contributed by atoms with Crippen molar-refractivity contribution in [3.63, 3.8) is 0 Å². The average Bonchev–Trinajstić information content (AvgIpc) is 2.39. The molecule has 1 saturated carbocycles. The monoisotopic (exact) mass is 350 g/mol. The predicted octanol–water partition coefficient (Wildman–Crippen LogP) is 5.45. The van der Waals surface area contributed by atoms with Gasteiger partial charge in [0.25, 0.3) is 0 Å². The Morgan fingerprint density at radius 1 is 1.15 bits per heavy atom. The van der Waals surface area contributed by atoms with Crippen LogP contribution < -0.4 is 0 Å². The molecule has 2 aromatic carbocycles. The normalized spacial score (nSPS) is 16.8. The lowest BCUT2D eigenvalue weighted by Gasteiger charge is -2.26. The van der Waals surface area contributed by atoms with Crippen LogP contribution in [-0.4, -0.2) is 5.11 Å². The van der Waals surface area contributed by atoms with Gasteiger partial charge in [-0.1, -0.05) is 58.2 Å². The van der Waals surface area contributed by atoms with Gasteiger partial charge in [0.15, 0.2) is 0 Å². The molecule has 3 rings (SSSR count). The van der Waals surface area contributed by atoms with E-state index in [1.807, 2.05) is 30.3 Å². The van der Waals surface area contributed by atoms with Gasteiger partial charge in [0.05, 0.1) is 0 Å². The molecule has 2 aromatic rings. The lowest BCUT2D eigenvalue weighted by molar-refractivity contribution is 0.219. The first-order valence-electron chi connectivity index (χ1n) is 6.88. The molecule has 0 amide bonds. The molecule has 1 nitrogen and oxygen atoms in total. The van der Waals surface area contributed by atoms with E-state index in [1.54, 1.807) is 0 Å². The summed E-state index contributed by atoms with van der Waals surface area (Å²) in [5.74, 6) is 0.671. The quantitative estimate of drug-likeness (QED) is 0.779. The molecule has 0 radical (unpaired) electrons. The molecule has 0 spiro atoms. The fraction of sp³-hybridized carbons (Fsp3) is 0.294. The Kier molecular flexibility index (Phi) is 4.16. The van der Waals surface area contributed by atoms with Gasteiger partial charge in [0.2, 0.25) is 0 Å². The van der Waals surface area contributed by atoms with Gasteiger partial charge in [0, 0.05) is 15.1 Å². The third kappa shape index (κ3) is 2.78. The number of hydrogen-bond acceptors (Lipinski definition) is 1. The maximum Gasteiger partial charge on any atom is 0.105 e. The number of aliphatic hydroxyl groups is 1. The van der Waals surface area contributed by atoms with Crippen LogP contribution in [0.4, 0.5) is 0 Å². The van der Waals surface area contributed by atoms with Gasteiger partial charge < -0.3 is 5.11 Å². The van der Waals surface area contributed by atoms with Crippen LogP contribution >= 0.6 is 27.5 Å². The van der Waals surface area contributed by atoms with E-state index >= 15 is 0 Å². The zero-order valence-electron chi connectivity index (χ0n) is 11.0. The van der Waals surface area contributed by atoms with E-state index in [2.05, 4.69) is 28.1 Å². The molecule has 0 aromatic heterocycles. The van der Waals surface area contributed by atoms with E-state index in [0.29, 0.717) is 10.9 Å². The SMILES string of the molecule is OC(c1cccc(C2CCC2)c1)c1cc(Cl)ccc1Br. The molecule has 1 N–H and O–H groups in total. The maximum atomic E-state index is 10.6. The molecular weight excluding hydrogens is 336 g/mol. The molecule has 0 aliphatic heterocycles. The zero-order valence-corrected chi connectivity index (χ0v) is 13.4. The summed E-state index contributed by atoms with van der Waals surface area (Å²) in [5, 5.41) is 11.2. The van der Waals surface area contributed by atoms with Crippen molar-refractivity contribution in [1.29, 1.82) is 0 Å². The van der Waals surface area contributed by atoms with Gasteiger partial charge in [-0.15, -0.1) is 0 Å². The Morgan fingerprint density at radius 3 is 2.65 bits per heavy atom. The molecular formula is C17H16BrClO. The van der Waals surface area contributed by atoms with Crippen LogP contribution in [0.3, 0.4) is 0 Å². The molecule has 1 aliphatic rings. The van der Waals surface area contributed by atoms with E-state index in [1.165, 1.54) is 24.8 Å². The molecule has 20 heavy (non-hydrogen) atoms. The molecule has 3 heteroatoms. The largest absolute Gasteiger partial charge is 0.384 e. The molecule has 1 atom stereocenters. The summed E-state index contributed by atoms with van der Waals surface area (Å²) in [6, 6.07) is 13.8. The first kappa shape index (κ1) is 14.1. The fourth-order valence-corrected chi connectivity index (χ4v) is 3.27. The first-order chi connectivity index (χ1) is 9.65. The van der Waals surface area contributed by atoms with Crippen molar-refractivity contribution in [3.05, 3.63) is 68.7 Å². The Hall–Kier alpha value is -0.830. The van der Waals surface area contributed by atoms with Crippen molar-refractivity contribution in [1.82, 2.24) is 0 Å². The molecule has 0 bridgehead atoms. The minimum absolute atomic E-state index is 0.636. The third-order valence-electron chi connectivity index (χ3n) is 4.06. The van der Waals surface area contributed by atoms with Crippen molar-refractivity contribution in [2.24, 2.45) is 0 Å². The maximum absolute atomic E-state index is 10.6. The van der Waals surface area contributed by atoms with E-state index in [0.717, 1.165) is 15.6 Å². The van der Waals surface area contributed by atoms with Crippen molar-refractivity contribution < 1.29 is 5.11 Å². The van der Waals surface area contributed by atoms with E-state index < -0.39 is 6.10 Å². The first-order valence-corrected chi connectivity index (χ1v) is 8.05. The Balaban J connectivity index is 1.93. The lowest BCUT2D eigenvalue weighted by Crippen LogP contribution is -2.09. The minimum Gasteiger partial charge on any atom is -0.384 e. The zero-order chi connectivity index (χ0) is 14.1. The number of benzene rings is 2. The van der Waals surface area contributed by atoms with Crippen LogP contribution in [0.2, 0.25) is 5.02 Å². The Bertz CT molecular complexity index is 622. The number of halogens is 2.